The average Bonchev–Trinajstić information content (AvgIpc) is 2.49. The smallest absolute Gasteiger partial charge is 0.308 e. The summed E-state index contributed by atoms with van der Waals surface area (Å²) in [6, 6.07) is 0. The normalized spacial score (nSPS) is 25.5. The molecule has 0 saturated heterocycles. The highest BCUT2D eigenvalue weighted by Crippen LogP contribution is 2.29. The topological polar surface area (TPSA) is 43.4 Å². The molecule has 0 N–H and O–H groups in total. The molecule has 1 aliphatic rings. The van der Waals surface area contributed by atoms with Gasteiger partial charge in [-0.2, -0.15) is 0 Å². The van der Waals surface area contributed by atoms with Gasteiger partial charge in [0.15, 0.2) is 0 Å². The molecule has 12 heavy (non-hydrogen) atoms. The molecule has 3 nitrogen and oxygen atoms in total. The van der Waals surface area contributed by atoms with Crippen LogP contribution in [0.5, 0.6) is 0 Å². The number of ketones is 1. The quantitative estimate of drug-likeness (QED) is 0.584. The van der Waals surface area contributed by atoms with Gasteiger partial charge in [0.1, 0.15) is 5.78 Å². The summed E-state index contributed by atoms with van der Waals surface area (Å²) in [5.41, 5.74) is 0. The lowest BCUT2D eigenvalue weighted by molar-refractivity contribution is -0.146. The zero-order valence-corrected chi connectivity index (χ0v) is 7.50. The second kappa shape index (κ2) is 3.70. The largest absolute Gasteiger partial charge is 0.469 e. The van der Waals surface area contributed by atoms with Gasteiger partial charge in [-0.05, 0) is 12.3 Å². The first-order chi connectivity index (χ1) is 5.65. The highest BCUT2D eigenvalue weighted by Gasteiger charge is 2.31. The van der Waals surface area contributed by atoms with Gasteiger partial charge in [-0.15, -0.1) is 0 Å². The van der Waals surface area contributed by atoms with Crippen LogP contribution in [0.1, 0.15) is 26.2 Å². The van der Waals surface area contributed by atoms with Crippen LogP contribution < -0.4 is 0 Å². The van der Waals surface area contributed by atoms with E-state index in [1.54, 1.807) is 0 Å². The minimum atomic E-state index is -0.199. The molecular formula is C9H14O3. The maximum Gasteiger partial charge on any atom is 0.308 e. The molecular weight excluding hydrogens is 156 g/mol. The molecule has 1 fully saturated rings. The number of Topliss-reactive ketones (excluding diaryl/α,β-unsaturated/α-hetero) is 1. The van der Waals surface area contributed by atoms with Crippen molar-refractivity contribution in [2.24, 2.45) is 11.8 Å². The fraction of sp³-hybridized carbons (Fsp3) is 0.778. The van der Waals surface area contributed by atoms with Crippen molar-refractivity contribution in [2.75, 3.05) is 7.11 Å². The third-order valence-corrected chi connectivity index (χ3v) is 2.56. The Labute approximate surface area is 72.1 Å². The van der Waals surface area contributed by atoms with E-state index in [-0.39, 0.29) is 23.6 Å². The van der Waals surface area contributed by atoms with Crippen molar-refractivity contribution in [3.8, 4) is 0 Å². The Kier molecular flexibility index (Phi) is 2.84. The van der Waals surface area contributed by atoms with E-state index in [0.29, 0.717) is 12.8 Å². The first-order valence-corrected chi connectivity index (χ1v) is 4.24. The van der Waals surface area contributed by atoms with Gasteiger partial charge in [0.05, 0.1) is 13.0 Å². The highest BCUT2D eigenvalue weighted by atomic mass is 16.5. The minimum absolute atomic E-state index is 0.124. The number of carbonyl (C=O) groups excluding carboxylic acids is 2. The van der Waals surface area contributed by atoms with Crippen LogP contribution in [0.15, 0.2) is 0 Å². The lowest BCUT2D eigenvalue weighted by Crippen LogP contribution is -2.20. The fourth-order valence-corrected chi connectivity index (χ4v) is 1.65. The molecule has 0 amide bonds. The van der Waals surface area contributed by atoms with Crippen LogP contribution in [0.25, 0.3) is 0 Å². The van der Waals surface area contributed by atoms with Crippen molar-refractivity contribution < 1.29 is 14.3 Å². The number of hydrogen-bond donors (Lipinski definition) is 0. The predicted molar refractivity (Wildman–Crippen MR) is 43.5 cm³/mol. The molecule has 0 aliphatic heterocycles. The van der Waals surface area contributed by atoms with E-state index in [4.69, 9.17) is 0 Å². The molecule has 1 saturated carbocycles. The Morgan fingerprint density at radius 3 is 2.75 bits per heavy atom. The van der Waals surface area contributed by atoms with Gasteiger partial charge in [-0.25, -0.2) is 0 Å². The van der Waals surface area contributed by atoms with Crippen molar-refractivity contribution in [2.45, 2.75) is 26.2 Å². The van der Waals surface area contributed by atoms with Crippen molar-refractivity contribution in [3.05, 3.63) is 0 Å². The van der Waals surface area contributed by atoms with Crippen LogP contribution in [-0.2, 0) is 14.3 Å². The molecule has 0 aromatic rings. The summed E-state index contributed by atoms with van der Waals surface area (Å²) in [5.74, 6) is 0.164. The van der Waals surface area contributed by atoms with Crippen LogP contribution in [-0.4, -0.2) is 18.9 Å². The van der Waals surface area contributed by atoms with E-state index < -0.39 is 0 Å². The first-order valence-electron chi connectivity index (χ1n) is 4.24. The van der Waals surface area contributed by atoms with E-state index in [1.165, 1.54) is 7.11 Å². The Balaban J connectivity index is 2.48. The maximum atomic E-state index is 11.1. The number of rotatable bonds is 2. The van der Waals surface area contributed by atoms with Crippen molar-refractivity contribution in [1.29, 1.82) is 0 Å². The van der Waals surface area contributed by atoms with Gasteiger partial charge < -0.3 is 4.74 Å². The second-order valence-electron chi connectivity index (χ2n) is 3.35. The highest BCUT2D eigenvalue weighted by molar-refractivity contribution is 5.82. The Morgan fingerprint density at radius 1 is 1.67 bits per heavy atom. The number of hydrogen-bond acceptors (Lipinski definition) is 3. The maximum absolute atomic E-state index is 11.1. The van der Waals surface area contributed by atoms with Crippen molar-refractivity contribution >= 4 is 11.8 Å². The number of ether oxygens (including phenoxy) is 1. The summed E-state index contributed by atoms with van der Waals surface area (Å²) in [5, 5.41) is 0. The standard InChI is InChI=1S/C9H14O3/c1-6(9(11)12-2)7-3-4-8(10)5-7/h6-7H,3-5H2,1-2H3. The van der Waals surface area contributed by atoms with Gasteiger partial charge in [0.25, 0.3) is 0 Å². The summed E-state index contributed by atoms with van der Waals surface area (Å²) < 4.78 is 4.61. The number of methoxy groups -OCH3 is 1. The SMILES string of the molecule is COC(=O)C(C)C1CCC(=O)C1. The van der Waals surface area contributed by atoms with Gasteiger partial charge in [-0.3, -0.25) is 9.59 Å². The zero-order chi connectivity index (χ0) is 9.14. The lowest BCUT2D eigenvalue weighted by Gasteiger charge is -2.14. The van der Waals surface area contributed by atoms with E-state index in [1.807, 2.05) is 6.92 Å². The third-order valence-electron chi connectivity index (χ3n) is 2.56. The molecule has 0 heterocycles. The Bertz CT molecular complexity index is 198. The van der Waals surface area contributed by atoms with Gasteiger partial charge >= 0.3 is 5.97 Å². The predicted octanol–water partition coefficient (Wildman–Crippen LogP) is 1.16. The summed E-state index contributed by atoms with van der Waals surface area (Å²) in [6.07, 6.45) is 2.03. The molecule has 1 rings (SSSR count). The Hall–Kier alpha value is -0.860. The van der Waals surface area contributed by atoms with Crippen LogP contribution in [0.3, 0.4) is 0 Å². The molecule has 2 atom stereocenters. The van der Waals surface area contributed by atoms with E-state index in [9.17, 15) is 9.59 Å². The molecule has 68 valence electrons. The summed E-state index contributed by atoms with van der Waals surface area (Å²) >= 11 is 0. The molecule has 0 aromatic carbocycles. The average molecular weight is 170 g/mol. The van der Waals surface area contributed by atoms with Gasteiger partial charge in [0.2, 0.25) is 0 Å². The van der Waals surface area contributed by atoms with E-state index >= 15 is 0 Å². The van der Waals surface area contributed by atoms with E-state index in [2.05, 4.69) is 4.74 Å². The molecule has 0 aromatic heterocycles. The number of carbonyl (C=O) groups is 2. The molecule has 2 unspecified atom stereocenters. The minimum Gasteiger partial charge on any atom is -0.469 e. The first kappa shape index (κ1) is 9.23. The van der Waals surface area contributed by atoms with Crippen molar-refractivity contribution in [3.63, 3.8) is 0 Å². The van der Waals surface area contributed by atoms with Crippen LogP contribution in [0, 0.1) is 11.8 Å². The molecule has 0 bridgehead atoms. The van der Waals surface area contributed by atoms with Crippen LogP contribution in [0.2, 0.25) is 0 Å². The summed E-state index contributed by atoms with van der Waals surface area (Å²) in [6.45, 7) is 1.83. The molecule has 3 heteroatoms. The zero-order valence-electron chi connectivity index (χ0n) is 7.50. The second-order valence-corrected chi connectivity index (χ2v) is 3.35. The Morgan fingerprint density at radius 2 is 2.33 bits per heavy atom. The summed E-state index contributed by atoms with van der Waals surface area (Å²) in [4.78, 5) is 22.0. The molecule has 1 aliphatic carbocycles. The van der Waals surface area contributed by atoms with Crippen molar-refractivity contribution in [1.82, 2.24) is 0 Å². The van der Waals surface area contributed by atoms with Gasteiger partial charge in [0, 0.05) is 12.8 Å². The number of esters is 1. The monoisotopic (exact) mass is 170 g/mol. The summed E-state index contributed by atoms with van der Waals surface area (Å²) in [7, 11) is 1.38. The van der Waals surface area contributed by atoms with Crippen LogP contribution >= 0.6 is 0 Å². The molecule has 0 radical (unpaired) electrons. The molecule has 0 spiro atoms. The lowest BCUT2D eigenvalue weighted by atomic mass is 9.93. The van der Waals surface area contributed by atoms with Gasteiger partial charge in [-0.1, -0.05) is 6.92 Å². The third kappa shape index (κ3) is 1.84. The van der Waals surface area contributed by atoms with E-state index in [0.717, 1.165) is 6.42 Å². The van der Waals surface area contributed by atoms with Crippen LogP contribution in [0.4, 0.5) is 0 Å². The fourth-order valence-electron chi connectivity index (χ4n) is 1.65.